The van der Waals surface area contributed by atoms with Gasteiger partial charge in [0.1, 0.15) is 5.69 Å². The first-order chi connectivity index (χ1) is 12.5. The van der Waals surface area contributed by atoms with Crippen molar-refractivity contribution in [3.05, 3.63) is 70.2 Å². The highest BCUT2D eigenvalue weighted by atomic mass is 35.5. The molecule has 5 nitrogen and oxygen atoms in total. The predicted octanol–water partition coefficient (Wildman–Crippen LogP) is 5.56. The Morgan fingerprint density at radius 1 is 1.04 bits per heavy atom. The van der Waals surface area contributed by atoms with Gasteiger partial charge in [0.25, 0.3) is 5.71 Å². The average molecular weight is 385 g/mol. The number of benzene rings is 2. The molecule has 0 aliphatic heterocycles. The Bertz CT molecular complexity index is 1140. The van der Waals surface area contributed by atoms with Gasteiger partial charge in [-0.25, -0.2) is 9.78 Å². The van der Waals surface area contributed by atoms with Gasteiger partial charge in [-0.3, -0.25) is 0 Å². The number of carboxylic acids is 1. The van der Waals surface area contributed by atoms with Crippen LogP contribution in [-0.4, -0.2) is 21.2 Å². The van der Waals surface area contributed by atoms with Crippen LogP contribution >= 0.6 is 23.2 Å². The molecule has 4 rings (SSSR count). The number of carboxylic acid groups (broad SMARTS) is 1. The fourth-order valence-electron chi connectivity index (χ4n) is 2.75. The standard InChI is InChI=1S/C19H10Cl2N2O3/c20-11-6-7-12(14(21)8-11)15-9-13(19(24)25)16-17(23-26-18(16)22-15)10-4-2-1-3-5-10/h1-9H,(H,24,25). The van der Waals surface area contributed by atoms with E-state index in [9.17, 15) is 9.90 Å². The van der Waals surface area contributed by atoms with Crippen LogP contribution in [0.5, 0.6) is 0 Å². The van der Waals surface area contributed by atoms with Crippen molar-refractivity contribution in [3.63, 3.8) is 0 Å². The molecular weight excluding hydrogens is 375 g/mol. The van der Waals surface area contributed by atoms with Gasteiger partial charge < -0.3 is 9.63 Å². The molecular formula is C19H10Cl2N2O3. The van der Waals surface area contributed by atoms with Gasteiger partial charge in [-0.1, -0.05) is 58.7 Å². The first kappa shape index (κ1) is 16.6. The molecule has 0 fully saturated rings. The van der Waals surface area contributed by atoms with E-state index in [1.807, 2.05) is 30.3 Å². The number of nitrogens with zero attached hydrogens (tertiary/aromatic N) is 2. The molecule has 0 saturated heterocycles. The van der Waals surface area contributed by atoms with E-state index < -0.39 is 5.97 Å². The number of rotatable bonds is 3. The summed E-state index contributed by atoms with van der Waals surface area (Å²) in [6, 6.07) is 15.6. The summed E-state index contributed by atoms with van der Waals surface area (Å²) < 4.78 is 5.33. The van der Waals surface area contributed by atoms with Crippen molar-refractivity contribution in [2.24, 2.45) is 0 Å². The molecule has 2 heterocycles. The number of carbonyl (C=O) groups is 1. The van der Waals surface area contributed by atoms with Gasteiger partial charge in [-0.15, -0.1) is 0 Å². The zero-order valence-corrected chi connectivity index (χ0v) is 14.6. The van der Waals surface area contributed by atoms with Crippen LogP contribution in [0.1, 0.15) is 10.4 Å². The second-order valence-electron chi connectivity index (χ2n) is 5.56. The maximum atomic E-state index is 11.9. The molecule has 7 heteroatoms. The molecule has 4 aromatic rings. The topological polar surface area (TPSA) is 76.2 Å². The summed E-state index contributed by atoms with van der Waals surface area (Å²) in [6.07, 6.45) is 0. The fraction of sp³-hybridized carbons (Fsp3) is 0. The van der Waals surface area contributed by atoms with Crippen LogP contribution in [0.15, 0.2) is 59.1 Å². The monoisotopic (exact) mass is 384 g/mol. The van der Waals surface area contributed by atoms with Gasteiger partial charge in [0.15, 0.2) is 0 Å². The van der Waals surface area contributed by atoms with Crippen LogP contribution in [0.2, 0.25) is 10.0 Å². The Balaban J connectivity index is 1.99. The molecule has 1 N–H and O–H groups in total. The normalized spacial score (nSPS) is 11.0. The number of aromatic carboxylic acids is 1. The molecule has 0 unspecified atom stereocenters. The predicted molar refractivity (Wildman–Crippen MR) is 99.7 cm³/mol. The summed E-state index contributed by atoms with van der Waals surface area (Å²) in [7, 11) is 0. The van der Waals surface area contributed by atoms with Gasteiger partial charge >= 0.3 is 5.97 Å². The fourth-order valence-corrected chi connectivity index (χ4v) is 3.25. The third-order valence-electron chi connectivity index (χ3n) is 3.93. The van der Waals surface area contributed by atoms with Crippen molar-refractivity contribution in [2.45, 2.75) is 0 Å². The van der Waals surface area contributed by atoms with E-state index in [0.29, 0.717) is 32.4 Å². The molecule has 0 aliphatic carbocycles. The van der Waals surface area contributed by atoms with E-state index in [1.165, 1.54) is 6.07 Å². The quantitative estimate of drug-likeness (QED) is 0.500. The molecule has 128 valence electrons. The highest BCUT2D eigenvalue weighted by Crippen LogP contribution is 2.35. The van der Waals surface area contributed by atoms with Crippen LogP contribution in [0.3, 0.4) is 0 Å². The second kappa shape index (κ2) is 6.44. The maximum absolute atomic E-state index is 11.9. The first-order valence-corrected chi connectivity index (χ1v) is 8.35. The second-order valence-corrected chi connectivity index (χ2v) is 6.41. The van der Waals surface area contributed by atoms with E-state index >= 15 is 0 Å². The zero-order valence-electron chi connectivity index (χ0n) is 13.1. The Hall–Kier alpha value is -2.89. The third kappa shape index (κ3) is 2.81. The van der Waals surface area contributed by atoms with Crippen LogP contribution in [0.25, 0.3) is 33.6 Å². The van der Waals surface area contributed by atoms with E-state index in [0.717, 1.165) is 5.56 Å². The number of halogens is 2. The number of hydrogen-bond donors (Lipinski definition) is 1. The average Bonchev–Trinajstić information content (AvgIpc) is 3.05. The lowest BCUT2D eigenvalue weighted by Gasteiger charge is -2.06. The van der Waals surface area contributed by atoms with E-state index in [4.69, 9.17) is 27.7 Å². The molecule has 2 aromatic heterocycles. The number of hydrogen-bond acceptors (Lipinski definition) is 4. The van der Waals surface area contributed by atoms with Crippen molar-refractivity contribution < 1.29 is 14.4 Å². The Morgan fingerprint density at radius 3 is 2.50 bits per heavy atom. The minimum Gasteiger partial charge on any atom is -0.478 e. The lowest BCUT2D eigenvalue weighted by atomic mass is 10.0. The van der Waals surface area contributed by atoms with Crippen molar-refractivity contribution in [2.75, 3.05) is 0 Å². The Labute approximate surface area is 157 Å². The minimum atomic E-state index is -1.11. The lowest BCUT2D eigenvalue weighted by molar-refractivity contribution is 0.0699. The van der Waals surface area contributed by atoms with Crippen LogP contribution in [0.4, 0.5) is 0 Å². The summed E-state index contributed by atoms with van der Waals surface area (Å²) in [5.74, 6) is -1.11. The molecule has 0 amide bonds. The highest BCUT2D eigenvalue weighted by Gasteiger charge is 2.22. The Kier molecular flexibility index (Phi) is 4.11. The third-order valence-corrected chi connectivity index (χ3v) is 4.48. The summed E-state index contributed by atoms with van der Waals surface area (Å²) >= 11 is 12.2. The highest BCUT2D eigenvalue weighted by molar-refractivity contribution is 6.36. The van der Waals surface area contributed by atoms with Crippen LogP contribution < -0.4 is 0 Å². The zero-order chi connectivity index (χ0) is 18.3. The smallest absolute Gasteiger partial charge is 0.336 e. The van der Waals surface area contributed by atoms with Crippen molar-refractivity contribution >= 4 is 40.3 Å². The minimum absolute atomic E-state index is 0.0381. The maximum Gasteiger partial charge on any atom is 0.336 e. The molecule has 0 saturated carbocycles. The van der Waals surface area contributed by atoms with E-state index in [2.05, 4.69) is 10.1 Å². The lowest BCUT2D eigenvalue weighted by Crippen LogP contribution is -2.00. The molecule has 0 spiro atoms. The number of aromatic nitrogens is 2. The van der Waals surface area contributed by atoms with Crippen molar-refractivity contribution in [1.82, 2.24) is 10.1 Å². The number of pyridine rings is 1. The SMILES string of the molecule is O=C(O)c1cc(-c2ccc(Cl)cc2Cl)nc2onc(-c3ccccc3)c12. The molecule has 0 bridgehead atoms. The molecule has 0 atom stereocenters. The molecule has 0 radical (unpaired) electrons. The van der Waals surface area contributed by atoms with Crippen molar-refractivity contribution in [1.29, 1.82) is 0 Å². The van der Waals surface area contributed by atoms with E-state index in [1.54, 1.807) is 18.2 Å². The van der Waals surface area contributed by atoms with E-state index in [-0.39, 0.29) is 11.3 Å². The van der Waals surface area contributed by atoms with Crippen LogP contribution in [0, 0.1) is 0 Å². The van der Waals surface area contributed by atoms with Crippen molar-refractivity contribution in [3.8, 4) is 22.5 Å². The van der Waals surface area contributed by atoms with Gasteiger partial charge in [0.2, 0.25) is 0 Å². The van der Waals surface area contributed by atoms with Gasteiger partial charge in [-0.05, 0) is 24.3 Å². The largest absolute Gasteiger partial charge is 0.478 e. The molecule has 0 aliphatic rings. The van der Waals surface area contributed by atoms with Crippen LogP contribution in [-0.2, 0) is 0 Å². The Morgan fingerprint density at radius 2 is 1.81 bits per heavy atom. The van der Waals surface area contributed by atoms with Gasteiger partial charge in [0.05, 0.1) is 21.7 Å². The van der Waals surface area contributed by atoms with Gasteiger partial charge in [-0.2, -0.15) is 0 Å². The summed E-state index contributed by atoms with van der Waals surface area (Å²) in [6.45, 7) is 0. The molecule has 2 aromatic carbocycles. The first-order valence-electron chi connectivity index (χ1n) is 7.59. The summed E-state index contributed by atoms with van der Waals surface area (Å²) in [5, 5.41) is 14.9. The molecule has 26 heavy (non-hydrogen) atoms. The van der Waals surface area contributed by atoms with Gasteiger partial charge in [0, 0.05) is 16.1 Å². The summed E-state index contributed by atoms with van der Waals surface area (Å²) in [5.41, 5.74) is 2.26. The summed E-state index contributed by atoms with van der Waals surface area (Å²) in [4.78, 5) is 16.3. The number of fused-ring (bicyclic) bond motifs is 1.